The van der Waals surface area contributed by atoms with Gasteiger partial charge >= 0.3 is 12.1 Å². The normalized spacial score (nSPS) is 14.9. The van der Waals surface area contributed by atoms with Gasteiger partial charge in [-0.2, -0.15) is 0 Å². The van der Waals surface area contributed by atoms with Gasteiger partial charge in [-0.1, -0.05) is 0 Å². The summed E-state index contributed by atoms with van der Waals surface area (Å²) in [5, 5.41) is 10.2. The first kappa shape index (κ1) is 19.7. The van der Waals surface area contributed by atoms with Crippen molar-refractivity contribution in [3.63, 3.8) is 0 Å². The highest BCUT2D eigenvalue weighted by molar-refractivity contribution is 6.06. The Morgan fingerprint density at radius 1 is 1.07 bits per heavy atom. The Balaban J connectivity index is 1.84. The second-order valence-electron chi connectivity index (χ2n) is 7.64. The monoisotopic (exact) mass is 387 g/mol. The Labute approximate surface area is 163 Å². The molecule has 3 rings (SSSR count). The number of anilines is 1. The van der Waals surface area contributed by atoms with Crippen molar-refractivity contribution in [2.24, 2.45) is 0 Å². The lowest BCUT2D eigenvalue weighted by Gasteiger charge is -2.37. The zero-order chi connectivity index (χ0) is 20.5. The smallest absolute Gasteiger partial charge is 0.410 e. The van der Waals surface area contributed by atoms with E-state index < -0.39 is 11.6 Å². The number of methoxy groups -OCH3 is 1. The molecule has 0 unspecified atom stereocenters. The Morgan fingerprint density at radius 2 is 1.75 bits per heavy atom. The molecular formula is C20H25N3O5. The first-order valence-electron chi connectivity index (χ1n) is 9.13. The summed E-state index contributed by atoms with van der Waals surface area (Å²) < 4.78 is 10.6. The van der Waals surface area contributed by atoms with Crippen molar-refractivity contribution in [2.45, 2.75) is 26.4 Å². The summed E-state index contributed by atoms with van der Waals surface area (Å²) >= 11 is 0. The molecule has 1 amide bonds. The SMILES string of the molecule is COc1ccc2c(N3CCN(C(=O)OC(C)(C)C)CC3)ccc(C(=O)O)c2n1. The van der Waals surface area contributed by atoms with Crippen LogP contribution in [0, 0.1) is 0 Å². The number of benzene rings is 1. The molecule has 8 heteroatoms. The molecule has 2 heterocycles. The summed E-state index contributed by atoms with van der Waals surface area (Å²) in [6, 6.07) is 6.90. The van der Waals surface area contributed by atoms with Crippen LogP contribution >= 0.6 is 0 Å². The van der Waals surface area contributed by atoms with E-state index in [1.807, 2.05) is 26.8 Å². The van der Waals surface area contributed by atoms with Crippen LogP contribution in [0.1, 0.15) is 31.1 Å². The lowest BCUT2D eigenvalue weighted by molar-refractivity contribution is 0.0240. The maximum absolute atomic E-state index is 12.3. The van der Waals surface area contributed by atoms with E-state index in [9.17, 15) is 14.7 Å². The van der Waals surface area contributed by atoms with Crippen LogP contribution in [0.15, 0.2) is 24.3 Å². The number of amides is 1. The number of fused-ring (bicyclic) bond motifs is 1. The summed E-state index contributed by atoms with van der Waals surface area (Å²) in [6.07, 6.45) is -0.315. The van der Waals surface area contributed by atoms with Gasteiger partial charge in [-0.05, 0) is 39.0 Å². The third-order valence-corrected chi connectivity index (χ3v) is 4.52. The lowest BCUT2D eigenvalue weighted by Crippen LogP contribution is -2.50. The lowest BCUT2D eigenvalue weighted by atomic mass is 10.1. The van der Waals surface area contributed by atoms with Gasteiger partial charge in [0.1, 0.15) is 5.60 Å². The second-order valence-corrected chi connectivity index (χ2v) is 7.64. The molecule has 0 aliphatic carbocycles. The first-order valence-corrected chi connectivity index (χ1v) is 9.13. The molecule has 1 aliphatic heterocycles. The molecule has 150 valence electrons. The Morgan fingerprint density at radius 3 is 2.32 bits per heavy atom. The van der Waals surface area contributed by atoms with Crippen LogP contribution in [0.3, 0.4) is 0 Å². The third kappa shape index (κ3) is 4.11. The number of carbonyl (C=O) groups excluding carboxylic acids is 1. The van der Waals surface area contributed by atoms with Gasteiger partial charge < -0.3 is 24.4 Å². The fourth-order valence-corrected chi connectivity index (χ4v) is 3.20. The van der Waals surface area contributed by atoms with Crippen molar-refractivity contribution in [1.82, 2.24) is 9.88 Å². The number of hydrogen-bond acceptors (Lipinski definition) is 6. The van der Waals surface area contributed by atoms with Crippen molar-refractivity contribution in [3.8, 4) is 5.88 Å². The summed E-state index contributed by atoms with van der Waals surface area (Å²) in [4.78, 5) is 32.0. The predicted octanol–water partition coefficient (Wildman–Crippen LogP) is 3.00. The third-order valence-electron chi connectivity index (χ3n) is 4.52. The van der Waals surface area contributed by atoms with Crippen LogP contribution in [0.4, 0.5) is 10.5 Å². The maximum atomic E-state index is 12.3. The average molecular weight is 387 g/mol. The summed E-state index contributed by atoms with van der Waals surface area (Å²) in [5.74, 6) is -0.672. The molecule has 0 bridgehead atoms. The van der Waals surface area contributed by atoms with Gasteiger partial charge in [0.15, 0.2) is 0 Å². The predicted molar refractivity (Wildman–Crippen MR) is 105 cm³/mol. The number of ether oxygens (including phenoxy) is 2. The Hall–Kier alpha value is -3.03. The van der Waals surface area contributed by atoms with E-state index in [2.05, 4.69) is 9.88 Å². The van der Waals surface area contributed by atoms with Crippen molar-refractivity contribution in [2.75, 3.05) is 38.2 Å². The number of piperazine rings is 1. The van der Waals surface area contributed by atoms with Gasteiger partial charge in [0, 0.05) is 43.3 Å². The molecule has 0 radical (unpaired) electrons. The standard InChI is InChI=1S/C20H25N3O5/c1-20(2,3)28-19(26)23-11-9-22(10-12-23)15-7-5-14(18(24)25)17-13(15)6-8-16(21-17)27-4/h5-8H,9-12H2,1-4H3,(H,24,25). The minimum Gasteiger partial charge on any atom is -0.481 e. The van der Waals surface area contributed by atoms with Gasteiger partial charge in [0.05, 0.1) is 18.2 Å². The second kappa shape index (κ2) is 7.53. The zero-order valence-electron chi connectivity index (χ0n) is 16.6. The molecule has 1 aliphatic rings. The topological polar surface area (TPSA) is 92.2 Å². The van der Waals surface area contributed by atoms with Crippen LogP contribution in [-0.4, -0.2) is 65.9 Å². The number of nitrogens with zero attached hydrogens (tertiary/aromatic N) is 3. The van der Waals surface area contributed by atoms with E-state index in [1.165, 1.54) is 7.11 Å². The zero-order valence-corrected chi connectivity index (χ0v) is 16.6. The molecule has 1 N–H and O–H groups in total. The molecule has 1 aromatic heterocycles. The van der Waals surface area contributed by atoms with E-state index in [0.717, 1.165) is 11.1 Å². The van der Waals surface area contributed by atoms with E-state index in [-0.39, 0.29) is 11.7 Å². The minimum atomic E-state index is -1.04. The molecule has 1 saturated heterocycles. The maximum Gasteiger partial charge on any atom is 0.410 e. The highest BCUT2D eigenvalue weighted by atomic mass is 16.6. The molecule has 0 spiro atoms. The van der Waals surface area contributed by atoms with Crippen molar-refractivity contribution in [1.29, 1.82) is 0 Å². The fraction of sp³-hybridized carbons (Fsp3) is 0.450. The number of rotatable bonds is 3. The fourth-order valence-electron chi connectivity index (χ4n) is 3.20. The number of aromatic carboxylic acids is 1. The van der Waals surface area contributed by atoms with Crippen molar-refractivity contribution < 1.29 is 24.2 Å². The molecule has 2 aromatic rings. The number of pyridine rings is 1. The van der Waals surface area contributed by atoms with Gasteiger partial charge in [-0.3, -0.25) is 0 Å². The van der Waals surface area contributed by atoms with E-state index in [1.54, 1.807) is 23.1 Å². The molecule has 0 saturated carbocycles. The van der Waals surface area contributed by atoms with E-state index in [0.29, 0.717) is 37.6 Å². The minimum absolute atomic E-state index is 0.130. The van der Waals surface area contributed by atoms with E-state index in [4.69, 9.17) is 9.47 Å². The number of carboxylic acid groups (broad SMARTS) is 1. The summed E-state index contributed by atoms with van der Waals surface area (Å²) in [7, 11) is 1.49. The molecule has 1 aromatic carbocycles. The van der Waals surface area contributed by atoms with Gasteiger partial charge in [0.25, 0.3) is 0 Å². The number of aromatic nitrogens is 1. The van der Waals surface area contributed by atoms with Gasteiger partial charge in [-0.15, -0.1) is 0 Å². The number of carboxylic acids is 1. The van der Waals surface area contributed by atoms with Crippen molar-refractivity contribution >= 4 is 28.7 Å². The average Bonchev–Trinajstić information content (AvgIpc) is 2.65. The summed E-state index contributed by atoms with van der Waals surface area (Å²) in [5.41, 5.74) is 0.880. The molecule has 8 nitrogen and oxygen atoms in total. The molecule has 1 fully saturated rings. The highest BCUT2D eigenvalue weighted by Gasteiger charge is 2.27. The number of carbonyl (C=O) groups is 2. The summed E-state index contributed by atoms with van der Waals surface area (Å²) in [6.45, 7) is 7.83. The van der Waals surface area contributed by atoms with Crippen LogP contribution in [-0.2, 0) is 4.74 Å². The van der Waals surface area contributed by atoms with Gasteiger partial charge in [-0.25, -0.2) is 14.6 Å². The molecule has 0 atom stereocenters. The van der Waals surface area contributed by atoms with E-state index >= 15 is 0 Å². The van der Waals surface area contributed by atoms with Crippen LogP contribution in [0.5, 0.6) is 5.88 Å². The first-order chi connectivity index (χ1) is 13.2. The van der Waals surface area contributed by atoms with Crippen LogP contribution in [0.25, 0.3) is 10.9 Å². The van der Waals surface area contributed by atoms with Crippen LogP contribution < -0.4 is 9.64 Å². The largest absolute Gasteiger partial charge is 0.481 e. The quantitative estimate of drug-likeness (QED) is 0.865. The van der Waals surface area contributed by atoms with Gasteiger partial charge in [0.2, 0.25) is 5.88 Å². The van der Waals surface area contributed by atoms with Crippen molar-refractivity contribution in [3.05, 3.63) is 29.8 Å². The molecular weight excluding hydrogens is 362 g/mol. The molecule has 28 heavy (non-hydrogen) atoms. The Bertz CT molecular complexity index is 899. The highest BCUT2D eigenvalue weighted by Crippen LogP contribution is 2.31. The number of hydrogen-bond donors (Lipinski definition) is 1. The Kier molecular flexibility index (Phi) is 5.31. The van der Waals surface area contributed by atoms with Crippen LogP contribution in [0.2, 0.25) is 0 Å².